The molecule has 0 atom stereocenters. The number of hydrogen-bond acceptors (Lipinski definition) is 2. The molecule has 3 nitrogen and oxygen atoms in total. The standard InChI is InChI=1S/C13H19N3/c1-2-11-6-5-8-15-12(11)10-16-9-4-3-7-13(16)14/h5-6,8,14H,2-4,7,9-10H2,1H3. The lowest BCUT2D eigenvalue weighted by Crippen LogP contribution is -2.34. The minimum absolute atomic E-state index is 0.777. The van der Waals surface area contributed by atoms with Crippen molar-refractivity contribution in [2.45, 2.75) is 39.2 Å². The molecule has 0 amide bonds. The van der Waals surface area contributed by atoms with Crippen molar-refractivity contribution in [3.8, 4) is 0 Å². The second-order valence-corrected chi connectivity index (χ2v) is 4.29. The molecule has 1 aromatic rings. The molecule has 1 N–H and O–H groups in total. The highest BCUT2D eigenvalue weighted by Crippen LogP contribution is 2.15. The van der Waals surface area contributed by atoms with E-state index in [9.17, 15) is 0 Å². The molecule has 2 heterocycles. The molecule has 86 valence electrons. The van der Waals surface area contributed by atoms with Gasteiger partial charge in [0.15, 0.2) is 0 Å². The second-order valence-electron chi connectivity index (χ2n) is 4.29. The summed E-state index contributed by atoms with van der Waals surface area (Å²) in [6.07, 6.45) is 6.16. The van der Waals surface area contributed by atoms with E-state index in [2.05, 4.69) is 22.9 Å². The molecular weight excluding hydrogens is 198 g/mol. The van der Waals surface area contributed by atoms with Gasteiger partial charge in [0.1, 0.15) is 0 Å². The molecular formula is C13H19N3. The zero-order valence-electron chi connectivity index (χ0n) is 9.87. The van der Waals surface area contributed by atoms with Crippen molar-refractivity contribution < 1.29 is 0 Å². The Balaban J connectivity index is 2.10. The van der Waals surface area contributed by atoms with E-state index < -0.39 is 0 Å². The maximum atomic E-state index is 7.92. The van der Waals surface area contributed by atoms with E-state index in [1.165, 1.54) is 12.0 Å². The highest BCUT2D eigenvalue weighted by atomic mass is 15.2. The molecule has 0 aromatic carbocycles. The maximum Gasteiger partial charge on any atom is 0.0961 e. The minimum atomic E-state index is 0.777. The minimum Gasteiger partial charge on any atom is -0.355 e. The molecule has 1 aromatic heterocycles. The van der Waals surface area contributed by atoms with Gasteiger partial charge >= 0.3 is 0 Å². The zero-order valence-corrected chi connectivity index (χ0v) is 9.87. The number of aromatic nitrogens is 1. The SMILES string of the molecule is CCc1cccnc1CN1CCCCC1=N. The summed E-state index contributed by atoms with van der Waals surface area (Å²) in [5, 5.41) is 7.92. The van der Waals surface area contributed by atoms with Gasteiger partial charge < -0.3 is 4.90 Å². The van der Waals surface area contributed by atoms with Gasteiger partial charge in [-0.25, -0.2) is 0 Å². The van der Waals surface area contributed by atoms with Crippen LogP contribution >= 0.6 is 0 Å². The van der Waals surface area contributed by atoms with Crippen LogP contribution in [-0.4, -0.2) is 22.3 Å². The van der Waals surface area contributed by atoms with Crippen LogP contribution in [0.3, 0.4) is 0 Å². The molecule has 1 aliphatic heterocycles. The number of piperidine rings is 1. The van der Waals surface area contributed by atoms with E-state index in [0.717, 1.165) is 43.9 Å². The lowest BCUT2D eigenvalue weighted by atomic mass is 10.1. The second kappa shape index (κ2) is 5.10. The van der Waals surface area contributed by atoms with E-state index in [4.69, 9.17) is 5.41 Å². The Bertz CT molecular complexity index is 373. The van der Waals surface area contributed by atoms with Gasteiger partial charge in [-0.05, 0) is 30.9 Å². The molecule has 1 fully saturated rings. The first-order chi connectivity index (χ1) is 7.81. The number of amidine groups is 1. The van der Waals surface area contributed by atoms with E-state index in [1.807, 2.05) is 12.3 Å². The van der Waals surface area contributed by atoms with E-state index >= 15 is 0 Å². The topological polar surface area (TPSA) is 40.0 Å². The lowest BCUT2D eigenvalue weighted by Gasteiger charge is -2.29. The third kappa shape index (κ3) is 2.40. The van der Waals surface area contributed by atoms with E-state index in [0.29, 0.717) is 0 Å². The number of nitrogens with zero attached hydrogens (tertiary/aromatic N) is 2. The van der Waals surface area contributed by atoms with Crippen LogP contribution in [-0.2, 0) is 13.0 Å². The van der Waals surface area contributed by atoms with Crippen LogP contribution in [0.25, 0.3) is 0 Å². The highest BCUT2D eigenvalue weighted by Gasteiger charge is 2.16. The van der Waals surface area contributed by atoms with Crippen LogP contribution in [0.15, 0.2) is 18.3 Å². The Labute approximate surface area is 97.0 Å². The van der Waals surface area contributed by atoms with Gasteiger partial charge in [0.25, 0.3) is 0 Å². The summed E-state index contributed by atoms with van der Waals surface area (Å²) in [5.74, 6) is 0.777. The van der Waals surface area contributed by atoms with Gasteiger partial charge in [-0.3, -0.25) is 10.4 Å². The largest absolute Gasteiger partial charge is 0.355 e. The Morgan fingerprint density at radius 2 is 2.31 bits per heavy atom. The maximum absolute atomic E-state index is 7.92. The Morgan fingerprint density at radius 3 is 3.06 bits per heavy atom. The normalized spacial score (nSPS) is 16.6. The molecule has 3 heteroatoms. The third-order valence-corrected chi connectivity index (χ3v) is 3.18. The Morgan fingerprint density at radius 1 is 1.44 bits per heavy atom. The van der Waals surface area contributed by atoms with Crippen molar-refractivity contribution in [1.82, 2.24) is 9.88 Å². The van der Waals surface area contributed by atoms with Crippen molar-refractivity contribution in [2.75, 3.05) is 6.54 Å². The van der Waals surface area contributed by atoms with Crippen LogP contribution in [0.2, 0.25) is 0 Å². The lowest BCUT2D eigenvalue weighted by molar-refractivity contribution is 0.356. The van der Waals surface area contributed by atoms with E-state index in [1.54, 1.807) is 0 Å². The van der Waals surface area contributed by atoms with Gasteiger partial charge in [0.2, 0.25) is 0 Å². The molecule has 0 bridgehead atoms. The third-order valence-electron chi connectivity index (χ3n) is 3.18. The monoisotopic (exact) mass is 217 g/mol. The first-order valence-electron chi connectivity index (χ1n) is 6.06. The summed E-state index contributed by atoms with van der Waals surface area (Å²) in [5.41, 5.74) is 2.44. The van der Waals surface area contributed by atoms with Crippen LogP contribution in [0.1, 0.15) is 37.4 Å². The van der Waals surface area contributed by atoms with Crippen molar-refractivity contribution >= 4 is 5.84 Å². The smallest absolute Gasteiger partial charge is 0.0961 e. The fourth-order valence-corrected chi connectivity index (χ4v) is 2.18. The number of aryl methyl sites for hydroxylation is 1. The quantitative estimate of drug-likeness (QED) is 0.845. The summed E-state index contributed by atoms with van der Waals surface area (Å²) in [6, 6.07) is 4.12. The molecule has 2 rings (SSSR count). The van der Waals surface area contributed by atoms with Crippen LogP contribution in [0, 0.1) is 5.41 Å². The van der Waals surface area contributed by atoms with Crippen molar-refractivity contribution in [3.63, 3.8) is 0 Å². The van der Waals surface area contributed by atoms with Crippen molar-refractivity contribution in [2.24, 2.45) is 0 Å². The summed E-state index contributed by atoms with van der Waals surface area (Å²) in [4.78, 5) is 6.60. The molecule has 0 saturated carbocycles. The fraction of sp³-hybridized carbons (Fsp3) is 0.538. The summed E-state index contributed by atoms with van der Waals surface area (Å²) in [6.45, 7) is 3.98. The number of pyridine rings is 1. The highest BCUT2D eigenvalue weighted by molar-refractivity contribution is 5.79. The predicted molar refractivity (Wildman–Crippen MR) is 65.6 cm³/mol. The van der Waals surface area contributed by atoms with E-state index in [-0.39, 0.29) is 0 Å². The molecule has 0 spiro atoms. The average molecular weight is 217 g/mol. The Kier molecular flexibility index (Phi) is 3.54. The molecule has 0 unspecified atom stereocenters. The average Bonchev–Trinajstić information content (AvgIpc) is 2.33. The number of nitrogens with one attached hydrogen (secondary N) is 1. The number of rotatable bonds is 3. The van der Waals surface area contributed by atoms with Crippen LogP contribution < -0.4 is 0 Å². The summed E-state index contributed by atoms with van der Waals surface area (Å²) in [7, 11) is 0. The molecule has 0 radical (unpaired) electrons. The Hall–Kier alpha value is -1.38. The number of likely N-dealkylation sites (tertiary alicyclic amines) is 1. The number of hydrogen-bond donors (Lipinski definition) is 1. The predicted octanol–water partition coefficient (Wildman–Crippen LogP) is 2.61. The molecule has 0 aliphatic carbocycles. The molecule has 16 heavy (non-hydrogen) atoms. The first kappa shape index (κ1) is 11.1. The molecule has 1 aliphatic rings. The summed E-state index contributed by atoms with van der Waals surface area (Å²) < 4.78 is 0. The zero-order chi connectivity index (χ0) is 11.4. The molecule has 1 saturated heterocycles. The first-order valence-corrected chi connectivity index (χ1v) is 6.06. The van der Waals surface area contributed by atoms with Crippen LogP contribution in [0.5, 0.6) is 0 Å². The van der Waals surface area contributed by atoms with Gasteiger partial charge in [0.05, 0.1) is 18.1 Å². The van der Waals surface area contributed by atoms with Gasteiger partial charge in [-0.1, -0.05) is 13.0 Å². The fourth-order valence-electron chi connectivity index (χ4n) is 2.18. The van der Waals surface area contributed by atoms with Crippen molar-refractivity contribution in [3.05, 3.63) is 29.6 Å². The van der Waals surface area contributed by atoms with Crippen LogP contribution in [0.4, 0.5) is 0 Å². The van der Waals surface area contributed by atoms with Gasteiger partial charge in [-0.2, -0.15) is 0 Å². The van der Waals surface area contributed by atoms with Crippen molar-refractivity contribution in [1.29, 1.82) is 5.41 Å². The summed E-state index contributed by atoms with van der Waals surface area (Å²) >= 11 is 0. The van der Waals surface area contributed by atoms with Gasteiger partial charge in [-0.15, -0.1) is 0 Å². The van der Waals surface area contributed by atoms with Gasteiger partial charge in [0, 0.05) is 19.2 Å².